The molecule has 0 unspecified atom stereocenters. The highest BCUT2D eigenvalue weighted by Gasteiger charge is 2.20. The van der Waals surface area contributed by atoms with E-state index in [-0.39, 0.29) is 12.2 Å². The Morgan fingerprint density at radius 1 is 0.964 bits per heavy atom. The molecule has 2 N–H and O–H groups in total. The van der Waals surface area contributed by atoms with E-state index in [0.717, 1.165) is 29.3 Å². The zero-order valence-electron chi connectivity index (χ0n) is 14.9. The van der Waals surface area contributed by atoms with Crippen LogP contribution < -0.4 is 15.6 Å². The Morgan fingerprint density at radius 2 is 1.57 bits per heavy atom. The van der Waals surface area contributed by atoms with Crippen molar-refractivity contribution >= 4 is 23.2 Å². The van der Waals surface area contributed by atoms with E-state index in [1.165, 1.54) is 0 Å². The molecule has 2 aromatic carbocycles. The fourth-order valence-corrected chi connectivity index (χ4v) is 2.28. The zero-order chi connectivity index (χ0) is 20.8. The molecule has 28 heavy (non-hydrogen) atoms. The second-order valence-corrected chi connectivity index (χ2v) is 5.81. The van der Waals surface area contributed by atoms with E-state index in [1.54, 1.807) is 6.07 Å². The summed E-state index contributed by atoms with van der Waals surface area (Å²) in [6.45, 7) is 3.34. The maximum absolute atomic E-state index is 12.1. The van der Waals surface area contributed by atoms with Crippen LogP contribution in [0, 0.1) is 34.1 Å². The first-order valence-electron chi connectivity index (χ1n) is 7.90. The lowest BCUT2D eigenvalue weighted by molar-refractivity contribution is -0.394. The van der Waals surface area contributed by atoms with Gasteiger partial charge in [0, 0.05) is 12.1 Å². The fraction of sp³-hybridized carbons (Fsp3) is 0.176. The Labute approximate surface area is 158 Å². The minimum atomic E-state index is -0.952. The molecule has 0 bridgehead atoms. The standard InChI is InChI=1S/C17H16N4O7/c1-10-3-4-15(11(2)5-10)28-9-16(22)18-19-17(23)12-6-13(20(24)25)8-14(7-12)21(26)27/h3-8H,9H2,1-2H3,(H,18,22)(H,19,23). The van der Waals surface area contributed by atoms with Crippen molar-refractivity contribution in [2.45, 2.75) is 13.8 Å². The molecular formula is C17H16N4O7. The highest BCUT2D eigenvalue weighted by molar-refractivity contribution is 5.96. The number of ether oxygens (including phenoxy) is 1. The summed E-state index contributed by atoms with van der Waals surface area (Å²) in [6.07, 6.45) is 0. The Morgan fingerprint density at radius 3 is 2.11 bits per heavy atom. The molecule has 0 aliphatic heterocycles. The number of aryl methyl sites for hydroxylation is 2. The van der Waals surface area contributed by atoms with E-state index in [1.807, 2.05) is 31.4 Å². The van der Waals surface area contributed by atoms with E-state index in [4.69, 9.17) is 4.74 Å². The average Bonchev–Trinajstić information content (AvgIpc) is 2.64. The first-order valence-corrected chi connectivity index (χ1v) is 7.90. The lowest BCUT2D eigenvalue weighted by Gasteiger charge is -2.11. The molecule has 146 valence electrons. The molecule has 0 aliphatic carbocycles. The molecule has 2 rings (SSSR count). The molecule has 0 saturated carbocycles. The van der Waals surface area contributed by atoms with Gasteiger partial charge in [0.15, 0.2) is 6.61 Å². The van der Waals surface area contributed by atoms with Gasteiger partial charge in [-0.05, 0) is 25.5 Å². The topological polar surface area (TPSA) is 154 Å². The number of hydrogen-bond donors (Lipinski definition) is 2. The molecule has 0 fully saturated rings. The number of hydrazine groups is 1. The highest BCUT2D eigenvalue weighted by atomic mass is 16.6. The normalized spacial score (nSPS) is 10.1. The van der Waals surface area contributed by atoms with E-state index < -0.39 is 33.0 Å². The Hall–Kier alpha value is -4.02. The second-order valence-electron chi connectivity index (χ2n) is 5.81. The van der Waals surface area contributed by atoms with Gasteiger partial charge >= 0.3 is 0 Å². The van der Waals surface area contributed by atoms with E-state index in [9.17, 15) is 29.8 Å². The molecule has 0 saturated heterocycles. The van der Waals surface area contributed by atoms with Crippen LogP contribution in [0.2, 0.25) is 0 Å². The summed E-state index contributed by atoms with van der Waals surface area (Å²) in [5.41, 5.74) is 4.38. The number of non-ortho nitro benzene ring substituents is 2. The summed E-state index contributed by atoms with van der Waals surface area (Å²) in [5.74, 6) is -1.14. The molecule has 0 radical (unpaired) electrons. The lowest BCUT2D eigenvalue weighted by atomic mass is 10.1. The fourth-order valence-electron chi connectivity index (χ4n) is 2.28. The maximum Gasteiger partial charge on any atom is 0.277 e. The van der Waals surface area contributed by atoms with E-state index >= 15 is 0 Å². The third kappa shape index (κ3) is 5.24. The second kappa shape index (κ2) is 8.58. The van der Waals surface area contributed by atoms with Crippen LogP contribution in [0.3, 0.4) is 0 Å². The highest BCUT2D eigenvalue weighted by Crippen LogP contribution is 2.22. The predicted molar refractivity (Wildman–Crippen MR) is 96.8 cm³/mol. The zero-order valence-corrected chi connectivity index (χ0v) is 14.9. The molecule has 2 amide bonds. The van der Waals surface area contributed by atoms with Gasteiger partial charge in [0.2, 0.25) is 0 Å². The minimum absolute atomic E-state index is 0.350. The molecular weight excluding hydrogens is 372 g/mol. The SMILES string of the molecule is Cc1ccc(OCC(=O)NNC(=O)c2cc([N+](=O)[O-])cc([N+](=O)[O-])c2)c(C)c1. The molecule has 0 heterocycles. The molecule has 2 aromatic rings. The van der Waals surface area contributed by atoms with Crippen LogP contribution >= 0.6 is 0 Å². The van der Waals surface area contributed by atoms with Crippen LogP contribution in [-0.2, 0) is 4.79 Å². The number of nitrogens with one attached hydrogen (secondary N) is 2. The van der Waals surface area contributed by atoms with Crippen LogP contribution in [-0.4, -0.2) is 28.3 Å². The number of amides is 2. The van der Waals surface area contributed by atoms with Gasteiger partial charge in [-0.3, -0.25) is 40.7 Å². The van der Waals surface area contributed by atoms with Gasteiger partial charge in [0.25, 0.3) is 23.2 Å². The van der Waals surface area contributed by atoms with Gasteiger partial charge in [-0.1, -0.05) is 17.7 Å². The largest absolute Gasteiger partial charge is 0.483 e. The van der Waals surface area contributed by atoms with Crippen molar-refractivity contribution in [1.29, 1.82) is 0 Å². The predicted octanol–water partition coefficient (Wildman–Crippen LogP) is 1.96. The Bertz CT molecular complexity index is 926. The van der Waals surface area contributed by atoms with Crippen LogP contribution in [0.25, 0.3) is 0 Å². The first kappa shape index (κ1) is 20.3. The van der Waals surface area contributed by atoms with Crippen LogP contribution in [0.1, 0.15) is 21.5 Å². The number of benzene rings is 2. The van der Waals surface area contributed by atoms with E-state index in [0.29, 0.717) is 5.75 Å². The van der Waals surface area contributed by atoms with Gasteiger partial charge in [0.05, 0.1) is 21.5 Å². The summed E-state index contributed by atoms with van der Waals surface area (Å²) in [5, 5.41) is 21.7. The smallest absolute Gasteiger partial charge is 0.277 e. The molecule has 11 heteroatoms. The summed E-state index contributed by atoms with van der Waals surface area (Å²) >= 11 is 0. The minimum Gasteiger partial charge on any atom is -0.483 e. The van der Waals surface area contributed by atoms with Gasteiger partial charge in [-0.15, -0.1) is 0 Å². The molecule has 0 aromatic heterocycles. The van der Waals surface area contributed by atoms with Crippen molar-refractivity contribution in [3.05, 3.63) is 73.3 Å². The van der Waals surface area contributed by atoms with E-state index in [2.05, 4.69) is 5.43 Å². The third-order valence-corrected chi connectivity index (χ3v) is 3.59. The number of carbonyl (C=O) groups excluding carboxylic acids is 2. The quantitative estimate of drug-likeness (QED) is 0.566. The van der Waals surface area contributed by atoms with Gasteiger partial charge in [0.1, 0.15) is 5.75 Å². The van der Waals surface area contributed by atoms with Crippen LogP contribution in [0.5, 0.6) is 5.75 Å². The summed E-state index contributed by atoms with van der Waals surface area (Å²) in [7, 11) is 0. The maximum atomic E-state index is 12.1. The first-order chi connectivity index (χ1) is 13.2. The lowest BCUT2D eigenvalue weighted by Crippen LogP contribution is -2.43. The average molecular weight is 388 g/mol. The number of hydrogen-bond acceptors (Lipinski definition) is 7. The third-order valence-electron chi connectivity index (χ3n) is 3.59. The summed E-state index contributed by atoms with van der Waals surface area (Å²) in [4.78, 5) is 43.8. The number of rotatable bonds is 6. The summed E-state index contributed by atoms with van der Waals surface area (Å²) in [6, 6.07) is 7.86. The Kier molecular flexibility index (Phi) is 6.22. The van der Waals surface area contributed by atoms with Gasteiger partial charge in [-0.2, -0.15) is 0 Å². The van der Waals surface area contributed by atoms with Crippen molar-refractivity contribution in [1.82, 2.24) is 10.9 Å². The summed E-state index contributed by atoms with van der Waals surface area (Å²) < 4.78 is 5.35. The van der Waals surface area contributed by atoms with Crippen molar-refractivity contribution in [2.24, 2.45) is 0 Å². The van der Waals surface area contributed by atoms with Crippen molar-refractivity contribution in [2.75, 3.05) is 6.61 Å². The van der Waals surface area contributed by atoms with Crippen molar-refractivity contribution in [3.8, 4) is 5.75 Å². The van der Waals surface area contributed by atoms with Crippen LogP contribution in [0.4, 0.5) is 11.4 Å². The molecule has 0 aliphatic rings. The van der Waals surface area contributed by atoms with Gasteiger partial charge in [-0.25, -0.2) is 0 Å². The van der Waals surface area contributed by atoms with Crippen LogP contribution in [0.15, 0.2) is 36.4 Å². The van der Waals surface area contributed by atoms with Crippen molar-refractivity contribution in [3.63, 3.8) is 0 Å². The number of nitro groups is 2. The molecule has 0 atom stereocenters. The number of nitrogens with zero attached hydrogens (tertiary/aromatic N) is 2. The van der Waals surface area contributed by atoms with Crippen molar-refractivity contribution < 1.29 is 24.2 Å². The molecule has 11 nitrogen and oxygen atoms in total. The monoisotopic (exact) mass is 388 g/mol. The van der Waals surface area contributed by atoms with Gasteiger partial charge < -0.3 is 4.74 Å². The molecule has 0 spiro atoms. The Balaban J connectivity index is 1.98. The number of nitro benzene ring substituents is 2. The number of carbonyl (C=O) groups is 2.